The van der Waals surface area contributed by atoms with Gasteiger partial charge in [0.15, 0.2) is 0 Å². The highest BCUT2D eigenvalue weighted by atomic mass is 16.5. The van der Waals surface area contributed by atoms with Gasteiger partial charge in [-0.1, -0.05) is 30.3 Å². The lowest BCUT2D eigenvalue weighted by Gasteiger charge is -2.19. The zero-order valence-corrected chi connectivity index (χ0v) is 18.0. The summed E-state index contributed by atoms with van der Waals surface area (Å²) in [5.74, 6) is 0.718. The third-order valence-electron chi connectivity index (χ3n) is 6.31. The predicted molar refractivity (Wildman–Crippen MR) is 124 cm³/mol. The van der Waals surface area contributed by atoms with E-state index in [1.165, 1.54) is 0 Å². The molecule has 0 saturated heterocycles. The number of nitrogens with one attached hydrogen (secondary N) is 1. The number of ether oxygens (including phenoxy) is 1. The zero-order valence-electron chi connectivity index (χ0n) is 18.0. The number of aryl methyl sites for hydroxylation is 2. The molecule has 4 heterocycles. The fraction of sp³-hybridized carbons (Fsp3) is 0.208. The summed E-state index contributed by atoms with van der Waals surface area (Å²) in [5, 5.41) is 8.50. The summed E-state index contributed by atoms with van der Waals surface area (Å²) in [4.78, 5) is 18.1. The SMILES string of the molecule is CNc1cc2ncc3c4c2c(c1-c1cnn(C)c1)OC[C@@H](c1ccccc1)n4c(=O)n3C. The molecular weight excluding hydrogens is 404 g/mol. The van der Waals surface area contributed by atoms with Crippen molar-refractivity contribution in [1.29, 1.82) is 0 Å². The molecule has 8 heteroatoms. The highest BCUT2D eigenvalue weighted by Crippen LogP contribution is 2.46. The summed E-state index contributed by atoms with van der Waals surface area (Å²) in [5.41, 5.74) is 6.10. The molecule has 1 aliphatic heterocycles. The molecule has 0 bridgehead atoms. The fourth-order valence-corrected chi connectivity index (χ4v) is 4.77. The number of hydrogen-bond acceptors (Lipinski definition) is 5. The average Bonchev–Trinajstić information content (AvgIpc) is 3.28. The third kappa shape index (κ3) is 2.46. The number of imidazole rings is 1. The van der Waals surface area contributed by atoms with E-state index in [0.717, 1.165) is 50.1 Å². The lowest BCUT2D eigenvalue weighted by molar-refractivity contribution is 0.279. The number of aromatic nitrogens is 5. The molecule has 0 unspecified atom stereocenters. The summed E-state index contributed by atoms with van der Waals surface area (Å²) in [6.07, 6.45) is 5.57. The molecule has 1 N–H and O–H groups in total. The summed E-state index contributed by atoms with van der Waals surface area (Å²) in [7, 11) is 5.57. The van der Waals surface area contributed by atoms with Gasteiger partial charge in [-0.15, -0.1) is 0 Å². The molecule has 8 nitrogen and oxygen atoms in total. The molecule has 32 heavy (non-hydrogen) atoms. The Morgan fingerprint density at radius 3 is 2.69 bits per heavy atom. The first kappa shape index (κ1) is 18.7. The van der Waals surface area contributed by atoms with Crippen LogP contribution in [0, 0.1) is 0 Å². The summed E-state index contributed by atoms with van der Waals surface area (Å²) < 4.78 is 11.8. The maximum Gasteiger partial charge on any atom is 0.329 e. The third-order valence-corrected chi connectivity index (χ3v) is 6.31. The molecule has 0 radical (unpaired) electrons. The Hall–Kier alpha value is -4.07. The van der Waals surface area contributed by atoms with Crippen molar-refractivity contribution < 1.29 is 4.74 Å². The highest BCUT2D eigenvalue weighted by Gasteiger charge is 2.30. The van der Waals surface area contributed by atoms with Crippen molar-refractivity contribution >= 4 is 27.6 Å². The van der Waals surface area contributed by atoms with Crippen molar-refractivity contribution in [3.8, 4) is 16.9 Å². The molecule has 5 aromatic rings. The number of anilines is 1. The van der Waals surface area contributed by atoms with Crippen LogP contribution in [0.2, 0.25) is 0 Å². The quantitative estimate of drug-likeness (QED) is 0.479. The molecule has 3 aromatic heterocycles. The fourth-order valence-electron chi connectivity index (χ4n) is 4.77. The first-order valence-electron chi connectivity index (χ1n) is 10.5. The highest BCUT2D eigenvalue weighted by molar-refractivity contribution is 6.11. The first-order chi connectivity index (χ1) is 15.6. The Morgan fingerprint density at radius 1 is 1.16 bits per heavy atom. The van der Waals surface area contributed by atoms with Gasteiger partial charge in [-0.2, -0.15) is 5.10 Å². The van der Waals surface area contributed by atoms with Crippen LogP contribution in [0.3, 0.4) is 0 Å². The van der Waals surface area contributed by atoms with Gasteiger partial charge in [-0.3, -0.25) is 18.8 Å². The zero-order chi connectivity index (χ0) is 22.0. The molecule has 1 aliphatic rings. The van der Waals surface area contributed by atoms with Gasteiger partial charge in [0.05, 0.1) is 45.9 Å². The number of pyridine rings is 1. The van der Waals surface area contributed by atoms with E-state index in [0.29, 0.717) is 6.61 Å². The van der Waals surface area contributed by atoms with E-state index in [2.05, 4.69) is 10.4 Å². The summed E-state index contributed by atoms with van der Waals surface area (Å²) >= 11 is 0. The molecule has 2 aromatic carbocycles. The average molecular weight is 426 g/mol. The Bertz CT molecular complexity index is 1560. The largest absolute Gasteiger partial charge is 0.490 e. The van der Waals surface area contributed by atoms with E-state index in [-0.39, 0.29) is 11.7 Å². The van der Waals surface area contributed by atoms with Crippen LogP contribution in [0.4, 0.5) is 5.69 Å². The van der Waals surface area contributed by atoms with E-state index in [9.17, 15) is 4.79 Å². The van der Waals surface area contributed by atoms with Crippen LogP contribution in [0.1, 0.15) is 11.6 Å². The van der Waals surface area contributed by atoms with Gasteiger partial charge in [0.2, 0.25) is 0 Å². The molecular formula is C24H22N6O2. The Kier molecular flexibility index (Phi) is 3.92. The predicted octanol–water partition coefficient (Wildman–Crippen LogP) is 3.31. The van der Waals surface area contributed by atoms with Crippen LogP contribution in [-0.4, -0.2) is 37.6 Å². The minimum Gasteiger partial charge on any atom is -0.490 e. The lowest BCUT2D eigenvalue weighted by atomic mass is 10.0. The van der Waals surface area contributed by atoms with Crippen LogP contribution in [-0.2, 0) is 14.1 Å². The molecule has 0 spiro atoms. The maximum atomic E-state index is 13.4. The number of nitrogens with zero attached hydrogens (tertiary/aromatic N) is 5. The Labute approximate surface area is 183 Å². The number of rotatable bonds is 3. The normalized spacial score (nSPS) is 15.3. The standard InChI is InChI=1S/C24H22N6O2/c1-25-16-9-17-21-22-18(11-26-17)29(3)24(31)30(22)19(14-7-5-4-6-8-14)13-32-23(21)20(16)15-10-27-28(2)12-15/h4-12,19,25H,13H2,1-3H3/t19-/m0/s1. The van der Waals surface area contributed by atoms with Crippen LogP contribution < -0.4 is 15.7 Å². The van der Waals surface area contributed by atoms with Crippen molar-refractivity contribution in [1.82, 2.24) is 23.9 Å². The van der Waals surface area contributed by atoms with Crippen molar-refractivity contribution in [2.45, 2.75) is 6.04 Å². The maximum absolute atomic E-state index is 13.4. The van der Waals surface area contributed by atoms with E-state index in [4.69, 9.17) is 9.72 Å². The Balaban J connectivity index is 1.77. The van der Waals surface area contributed by atoms with Gasteiger partial charge in [0, 0.05) is 38.6 Å². The molecule has 0 fully saturated rings. The molecule has 0 amide bonds. The molecule has 6 rings (SSSR count). The summed E-state index contributed by atoms with van der Waals surface area (Å²) in [6.45, 7) is 0.327. The van der Waals surface area contributed by atoms with Gasteiger partial charge in [0.1, 0.15) is 12.4 Å². The van der Waals surface area contributed by atoms with Crippen molar-refractivity contribution in [3.63, 3.8) is 0 Å². The molecule has 0 aliphatic carbocycles. The molecule has 0 saturated carbocycles. The van der Waals surface area contributed by atoms with E-state index >= 15 is 0 Å². The van der Waals surface area contributed by atoms with E-state index < -0.39 is 0 Å². The second-order valence-electron chi connectivity index (χ2n) is 8.12. The smallest absolute Gasteiger partial charge is 0.329 e. The van der Waals surface area contributed by atoms with Crippen molar-refractivity contribution in [2.75, 3.05) is 19.0 Å². The van der Waals surface area contributed by atoms with Gasteiger partial charge < -0.3 is 10.1 Å². The number of benzene rings is 2. The second kappa shape index (κ2) is 6.71. The molecule has 160 valence electrons. The van der Waals surface area contributed by atoms with Crippen LogP contribution >= 0.6 is 0 Å². The van der Waals surface area contributed by atoms with E-state index in [1.807, 2.05) is 67.5 Å². The monoisotopic (exact) mass is 426 g/mol. The van der Waals surface area contributed by atoms with Crippen LogP contribution in [0.15, 0.2) is 59.8 Å². The van der Waals surface area contributed by atoms with Gasteiger partial charge >= 0.3 is 5.69 Å². The van der Waals surface area contributed by atoms with Crippen LogP contribution in [0.5, 0.6) is 5.75 Å². The van der Waals surface area contributed by atoms with Gasteiger partial charge in [-0.25, -0.2) is 4.79 Å². The number of hydrogen-bond donors (Lipinski definition) is 1. The van der Waals surface area contributed by atoms with Crippen LogP contribution in [0.25, 0.3) is 33.1 Å². The second-order valence-corrected chi connectivity index (χ2v) is 8.12. The summed E-state index contributed by atoms with van der Waals surface area (Å²) in [6, 6.07) is 11.8. The Morgan fingerprint density at radius 2 is 1.97 bits per heavy atom. The van der Waals surface area contributed by atoms with Crippen molar-refractivity contribution in [2.24, 2.45) is 14.1 Å². The molecule has 1 atom stereocenters. The minimum atomic E-state index is -0.259. The lowest BCUT2D eigenvalue weighted by Crippen LogP contribution is -2.29. The van der Waals surface area contributed by atoms with E-state index in [1.54, 1.807) is 22.5 Å². The van der Waals surface area contributed by atoms with Gasteiger partial charge in [0.25, 0.3) is 0 Å². The minimum absolute atomic E-state index is 0.0831. The van der Waals surface area contributed by atoms with Gasteiger partial charge in [-0.05, 0) is 11.6 Å². The first-order valence-corrected chi connectivity index (χ1v) is 10.5. The van der Waals surface area contributed by atoms with Crippen molar-refractivity contribution in [3.05, 3.63) is 71.0 Å². The topological polar surface area (TPSA) is 78.9 Å².